The zero-order chi connectivity index (χ0) is 13.2. The predicted molar refractivity (Wildman–Crippen MR) is 69.9 cm³/mol. The molecule has 1 unspecified atom stereocenters. The minimum Gasteiger partial charge on any atom is -0.367 e. The molecule has 1 fully saturated rings. The Morgan fingerprint density at radius 1 is 1.39 bits per heavy atom. The molecule has 1 atom stereocenters. The third-order valence-corrected chi connectivity index (χ3v) is 3.73. The van der Waals surface area contributed by atoms with E-state index in [0.717, 1.165) is 32.0 Å². The minimum absolute atomic E-state index is 0.0464. The van der Waals surface area contributed by atoms with E-state index in [1.807, 2.05) is 4.90 Å². The van der Waals surface area contributed by atoms with Crippen LogP contribution < -0.4 is 10.2 Å². The summed E-state index contributed by atoms with van der Waals surface area (Å²) in [6, 6.07) is 3.65. The fraction of sp³-hybridized carbons (Fsp3) is 0.571. The van der Waals surface area contributed by atoms with Crippen LogP contribution in [0.1, 0.15) is 26.7 Å². The third kappa shape index (κ3) is 2.80. The number of benzene rings is 1. The van der Waals surface area contributed by atoms with Crippen molar-refractivity contribution >= 4 is 5.69 Å². The molecule has 1 saturated heterocycles. The highest BCUT2D eigenvalue weighted by Gasteiger charge is 2.28. The molecule has 1 aliphatic heterocycles. The maximum atomic E-state index is 13.8. The molecule has 1 heterocycles. The molecule has 1 N–H and O–H groups in total. The van der Waals surface area contributed by atoms with Gasteiger partial charge in [-0.15, -0.1) is 0 Å². The molecule has 0 aromatic heterocycles. The van der Waals surface area contributed by atoms with Gasteiger partial charge in [0.05, 0.1) is 5.69 Å². The van der Waals surface area contributed by atoms with Crippen LogP contribution in [-0.2, 0) is 0 Å². The van der Waals surface area contributed by atoms with Gasteiger partial charge in [-0.1, -0.05) is 6.92 Å². The molecule has 0 bridgehead atoms. The molecule has 2 nitrogen and oxygen atoms in total. The van der Waals surface area contributed by atoms with Crippen LogP contribution in [0.5, 0.6) is 0 Å². The van der Waals surface area contributed by atoms with Crippen molar-refractivity contribution < 1.29 is 8.78 Å². The Hall–Kier alpha value is -1.16. The normalized spacial score (nSPS) is 25.0. The van der Waals surface area contributed by atoms with Crippen molar-refractivity contribution in [1.82, 2.24) is 5.32 Å². The van der Waals surface area contributed by atoms with Gasteiger partial charge in [0.2, 0.25) is 0 Å². The summed E-state index contributed by atoms with van der Waals surface area (Å²) in [4.78, 5) is 1.95. The Morgan fingerprint density at radius 2 is 2.17 bits per heavy atom. The van der Waals surface area contributed by atoms with Crippen LogP contribution in [0.15, 0.2) is 18.2 Å². The summed E-state index contributed by atoms with van der Waals surface area (Å²) in [5.74, 6) is -0.737. The first-order chi connectivity index (χ1) is 8.54. The van der Waals surface area contributed by atoms with Crippen LogP contribution in [0.25, 0.3) is 0 Å². The maximum Gasteiger partial charge on any atom is 0.146 e. The number of nitrogens with zero attached hydrogens (tertiary/aromatic N) is 1. The van der Waals surface area contributed by atoms with Crippen LogP contribution in [0, 0.1) is 11.6 Å². The second kappa shape index (κ2) is 5.22. The predicted octanol–water partition coefficient (Wildman–Crippen LogP) is 2.93. The fourth-order valence-electron chi connectivity index (χ4n) is 2.39. The van der Waals surface area contributed by atoms with Crippen molar-refractivity contribution in [2.45, 2.75) is 32.2 Å². The van der Waals surface area contributed by atoms with Gasteiger partial charge < -0.3 is 10.2 Å². The first-order valence-corrected chi connectivity index (χ1v) is 6.49. The Bertz CT molecular complexity index is 422. The summed E-state index contributed by atoms with van der Waals surface area (Å²) in [5, 5.41) is 3.48. The molecule has 0 amide bonds. The Morgan fingerprint density at radius 3 is 2.89 bits per heavy atom. The lowest BCUT2D eigenvalue weighted by molar-refractivity contribution is 0.365. The van der Waals surface area contributed by atoms with Crippen molar-refractivity contribution in [1.29, 1.82) is 0 Å². The van der Waals surface area contributed by atoms with Crippen LogP contribution in [0.2, 0.25) is 0 Å². The highest BCUT2D eigenvalue weighted by molar-refractivity contribution is 5.48. The zero-order valence-corrected chi connectivity index (χ0v) is 11.0. The molecular weight excluding hydrogens is 234 g/mol. The lowest BCUT2D eigenvalue weighted by Crippen LogP contribution is -2.48. The largest absolute Gasteiger partial charge is 0.367 e. The number of rotatable bonds is 2. The topological polar surface area (TPSA) is 15.3 Å². The Labute approximate surface area is 107 Å². The summed E-state index contributed by atoms with van der Waals surface area (Å²) >= 11 is 0. The molecule has 1 aromatic carbocycles. The highest BCUT2D eigenvalue weighted by atomic mass is 19.1. The van der Waals surface area contributed by atoms with E-state index in [-0.39, 0.29) is 17.2 Å². The van der Waals surface area contributed by atoms with E-state index in [9.17, 15) is 8.78 Å². The first kappa shape index (κ1) is 13.3. The van der Waals surface area contributed by atoms with E-state index in [1.165, 1.54) is 12.1 Å². The van der Waals surface area contributed by atoms with E-state index >= 15 is 0 Å². The molecule has 0 radical (unpaired) electrons. The standard InChI is InChI=1S/C14H20F2N2/c1-3-14(2)10-18(8-4-7-17-14)13-9-11(15)5-6-12(13)16/h5-6,9,17H,3-4,7-8,10H2,1-2H3. The number of hydrogen-bond donors (Lipinski definition) is 1. The Kier molecular flexibility index (Phi) is 3.85. The van der Waals surface area contributed by atoms with Crippen molar-refractivity contribution in [2.24, 2.45) is 0 Å². The second-order valence-corrected chi connectivity index (χ2v) is 5.21. The van der Waals surface area contributed by atoms with Gasteiger partial charge in [-0.2, -0.15) is 0 Å². The molecule has 0 spiro atoms. The summed E-state index contributed by atoms with van der Waals surface area (Å²) in [7, 11) is 0. The molecule has 18 heavy (non-hydrogen) atoms. The molecule has 1 aromatic rings. The van der Waals surface area contributed by atoms with Gasteiger partial charge in [0.25, 0.3) is 0 Å². The second-order valence-electron chi connectivity index (χ2n) is 5.21. The maximum absolute atomic E-state index is 13.8. The summed E-state index contributed by atoms with van der Waals surface area (Å²) < 4.78 is 27.1. The smallest absolute Gasteiger partial charge is 0.146 e. The zero-order valence-electron chi connectivity index (χ0n) is 11.0. The van der Waals surface area contributed by atoms with Gasteiger partial charge in [-0.3, -0.25) is 0 Å². The number of anilines is 1. The number of hydrogen-bond acceptors (Lipinski definition) is 2. The molecule has 100 valence electrons. The van der Waals surface area contributed by atoms with E-state index in [0.29, 0.717) is 12.2 Å². The van der Waals surface area contributed by atoms with Crippen molar-refractivity contribution in [3.8, 4) is 0 Å². The van der Waals surface area contributed by atoms with Gasteiger partial charge in [0.1, 0.15) is 11.6 Å². The summed E-state index contributed by atoms with van der Waals surface area (Å²) in [6.07, 6.45) is 1.89. The molecule has 0 aliphatic carbocycles. The third-order valence-electron chi connectivity index (χ3n) is 3.73. The average molecular weight is 254 g/mol. The molecule has 1 aliphatic rings. The summed E-state index contributed by atoms with van der Waals surface area (Å²) in [6.45, 7) is 6.60. The lowest BCUT2D eigenvalue weighted by Gasteiger charge is -2.34. The van der Waals surface area contributed by atoms with Crippen molar-refractivity contribution in [3.05, 3.63) is 29.8 Å². The van der Waals surface area contributed by atoms with E-state index in [2.05, 4.69) is 19.2 Å². The monoisotopic (exact) mass is 254 g/mol. The fourth-order valence-corrected chi connectivity index (χ4v) is 2.39. The Balaban J connectivity index is 2.28. The van der Waals surface area contributed by atoms with Crippen LogP contribution >= 0.6 is 0 Å². The average Bonchev–Trinajstić information content (AvgIpc) is 2.55. The molecule has 4 heteroatoms. The van der Waals surface area contributed by atoms with Gasteiger partial charge in [-0.05, 0) is 38.4 Å². The van der Waals surface area contributed by atoms with Crippen LogP contribution in [0.4, 0.5) is 14.5 Å². The molecular formula is C14H20F2N2. The highest BCUT2D eigenvalue weighted by Crippen LogP contribution is 2.25. The van der Waals surface area contributed by atoms with Crippen molar-refractivity contribution in [2.75, 3.05) is 24.5 Å². The van der Waals surface area contributed by atoms with E-state index in [4.69, 9.17) is 0 Å². The van der Waals surface area contributed by atoms with E-state index in [1.54, 1.807) is 0 Å². The molecule has 0 saturated carbocycles. The van der Waals surface area contributed by atoms with Gasteiger partial charge in [-0.25, -0.2) is 8.78 Å². The lowest BCUT2D eigenvalue weighted by atomic mass is 9.98. The van der Waals surface area contributed by atoms with Gasteiger partial charge in [0.15, 0.2) is 0 Å². The van der Waals surface area contributed by atoms with Gasteiger partial charge in [0, 0.05) is 24.7 Å². The number of halogens is 2. The van der Waals surface area contributed by atoms with Crippen LogP contribution in [-0.4, -0.2) is 25.2 Å². The van der Waals surface area contributed by atoms with Crippen molar-refractivity contribution in [3.63, 3.8) is 0 Å². The SMILES string of the molecule is CCC1(C)CN(c2cc(F)ccc2F)CCCN1. The molecule has 2 rings (SSSR count). The van der Waals surface area contributed by atoms with Gasteiger partial charge >= 0.3 is 0 Å². The minimum atomic E-state index is -0.387. The summed E-state index contributed by atoms with van der Waals surface area (Å²) in [5.41, 5.74) is 0.327. The number of nitrogens with one attached hydrogen (secondary N) is 1. The van der Waals surface area contributed by atoms with E-state index < -0.39 is 0 Å². The quantitative estimate of drug-likeness (QED) is 0.873. The first-order valence-electron chi connectivity index (χ1n) is 6.49. The van der Waals surface area contributed by atoms with Crippen LogP contribution in [0.3, 0.4) is 0 Å².